The van der Waals surface area contributed by atoms with Crippen LogP contribution in [-0.4, -0.2) is 38.9 Å². The van der Waals surface area contributed by atoms with E-state index in [1.54, 1.807) is 20.8 Å². The van der Waals surface area contributed by atoms with Crippen LogP contribution in [0.4, 0.5) is 0 Å². The normalized spacial score (nSPS) is 14.6. The van der Waals surface area contributed by atoms with Crippen molar-refractivity contribution in [3.05, 3.63) is 0 Å². The third kappa shape index (κ3) is 8.63. The lowest BCUT2D eigenvalue weighted by atomic mass is 10.2. The molecule has 0 spiro atoms. The number of nitrogens with two attached hydrogens (primary N) is 1. The van der Waals surface area contributed by atoms with Crippen LogP contribution in [0.2, 0.25) is 0 Å². The Morgan fingerprint density at radius 2 is 1.88 bits per heavy atom. The fourth-order valence-corrected chi connectivity index (χ4v) is 1.22. The fraction of sp³-hybridized carbons (Fsp3) is 0.889. The maximum absolute atomic E-state index is 11.4. The van der Waals surface area contributed by atoms with Crippen molar-refractivity contribution in [2.75, 3.05) is 12.9 Å². The molecule has 0 bridgehead atoms. The summed E-state index contributed by atoms with van der Waals surface area (Å²) in [6, 6.07) is -0.874. The second-order valence-corrected chi connectivity index (χ2v) is 6.10. The van der Waals surface area contributed by atoms with E-state index in [9.17, 15) is 13.2 Å². The number of esters is 1. The third-order valence-electron chi connectivity index (χ3n) is 1.44. The molecule has 1 atom stereocenters. The minimum absolute atomic E-state index is 0.0992. The first-order valence-electron chi connectivity index (χ1n) is 4.84. The van der Waals surface area contributed by atoms with E-state index in [2.05, 4.69) is 4.18 Å². The summed E-state index contributed by atoms with van der Waals surface area (Å²) >= 11 is 0. The number of carbonyl (C=O) groups is 1. The van der Waals surface area contributed by atoms with Crippen LogP contribution in [0.3, 0.4) is 0 Å². The van der Waals surface area contributed by atoms with Gasteiger partial charge in [0.05, 0.1) is 12.9 Å². The van der Waals surface area contributed by atoms with Crippen LogP contribution in [0.5, 0.6) is 0 Å². The molecule has 96 valence electrons. The molecule has 0 aliphatic rings. The minimum atomic E-state index is -3.49. The first-order chi connectivity index (χ1) is 7.01. The van der Waals surface area contributed by atoms with Crippen LogP contribution in [0, 0.1) is 0 Å². The van der Waals surface area contributed by atoms with Crippen molar-refractivity contribution in [3.63, 3.8) is 0 Å². The summed E-state index contributed by atoms with van der Waals surface area (Å²) in [6.45, 7) is 5.05. The second-order valence-electron chi connectivity index (χ2n) is 4.45. The molecule has 0 aromatic rings. The average molecular weight is 253 g/mol. The lowest BCUT2D eigenvalue weighted by Crippen LogP contribution is -2.38. The van der Waals surface area contributed by atoms with Crippen LogP contribution in [0.25, 0.3) is 0 Å². The Hall–Kier alpha value is -0.660. The maximum Gasteiger partial charge on any atom is 0.323 e. The van der Waals surface area contributed by atoms with E-state index in [1.165, 1.54) is 0 Å². The summed E-state index contributed by atoms with van der Waals surface area (Å²) in [4.78, 5) is 11.4. The molecule has 0 radical (unpaired) electrons. The van der Waals surface area contributed by atoms with Gasteiger partial charge in [-0.25, -0.2) is 0 Å². The monoisotopic (exact) mass is 253 g/mol. The lowest BCUT2D eigenvalue weighted by molar-refractivity contribution is -0.156. The second kappa shape index (κ2) is 5.60. The van der Waals surface area contributed by atoms with Crippen LogP contribution >= 0.6 is 0 Å². The van der Waals surface area contributed by atoms with Crippen molar-refractivity contribution in [3.8, 4) is 0 Å². The van der Waals surface area contributed by atoms with Crippen molar-refractivity contribution in [1.29, 1.82) is 0 Å². The fourth-order valence-electron chi connectivity index (χ4n) is 0.822. The van der Waals surface area contributed by atoms with Gasteiger partial charge in [0.25, 0.3) is 10.1 Å². The van der Waals surface area contributed by atoms with E-state index in [0.717, 1.165) is 6.26 Å². The van der Waals surface area contributed by atoms with E-state index in [1.807, 2.05) is 0 Å². The first-order valence-corrected chi connectivity index (χ1v) is 6.66. The molecule has 0 saturated carbocycles. The maximum atomic E-state index is 11.4. The molecule has 16 heavy (non-hydrogen) atoms. The zero-order valence-corrected chi connectivity index (χ0v) is 10.8. The van der Waals surface area contributed by atoms with Gasteiger partial charge < -0.3 is 10.5 Å². The Bertz CT molecular complexity index is 330. The molecule has 0 fully saturated rings. The van der Waals surface area contributed by atoms with E-state index in [0.29, 0.717) is 0 Å². The summed E-state index contributed by atoms with van der Waals surface area (Å²) in [5.74, 6) is -0.565. The highest BCUT2D eigenvalue weighted by Crippen LogP contribution is 2.09. The van der Waals surface area contributed by atoms with Gasteiger partial charge >= 0.3 is 5.97 Å². The van der Waals surface area contributed by atoms with Gasteiger partial charge in [0.2, 0.25) is 0 Å². The average Bonchev–Trinajstić information content (AvgIpc) is 1.98. The Morgan fingerprint density at radius 3 is 2.25 bits per heavy atom. The quantitative estimate of drug-likeness (QED) is 0.548. The molecule has 2 N–H and O–H groups in total. The molecule has 0 amide bonds. The number of ether oxygens (including phenoxy) is 1. The van der Waals surface area contributed by atoms with Crippen molar-refractivity contribution in [2.24, 2.45) is 5.73 Å². The number of rotatable bonds is 5. The van der Waals surface area contributed by atoms with Crippen LogP contribution in [0.15, 0.2) is 0 Å². The summed E-state index contributed by atoms with van der Waals surface area (Å²) < 4.78 is 30.7. The number of hydrogen-bond acceptors (Lipinski definition) is 6. The molecule has 0 aliphatic heterocycles. The Morgan fingerprint density at radius 1 is 1.38 bits per heavy atom. The van der Waals surface area contributed by atoms with Gasteiger partial charge in [0.1, 0.15) is 11.6 Å². The SMILES string of the molecule is CC(C)(C)OC(=O)C(N)CCOS(C)(=O)=O. The minimum Gasteiger partial charge on any atom is -0.459 e. The molecule has 7 heteroatoms. The Balaban J connectivity index is 3.99. The number of hydrogen-bond donors (Lipinski definition) is 1. The van der Waals surface area contributed by atoms with Gasteiger partial charge in [-0.05, 0) is 27.2 Å². The van der Waals surface area contributed by atoms with E-state index in [-0.39, 0.29) is 13.0 Å². The zero-order valence-electron chi connectivity index (χ0n) is 10.0. The molecule has 0 heterocycles. The van der Waals surface area contributed by atoms with Crippen LogP contribution in [-0.2, 0) is 23.8 Å². The molecule has 1 unspecified atom stereocenters. The summed E-state index contributed by atoms with van der Waals surface area (Å²) in [6.07, 6.45) is 1.04. The first kappa shape index (κ1) is 15.3. The highest BCUT2D eigenvalue weighted by atomic mass is 32.2. The van der Waals surface area contributed by atoms with Crippen molar-refractivity contribution >= 4 is 16.1 Å². The highest BCUT2D eigenvalue weighted by Gasteiger charge is 2.22. The third-order valence-corrected chi connectivity index (χ3v) is 2.03. The molecule has 0 aromatic heterocycles. The zero-order chi connectivity index (χ0) is 13.0. The van der Waals surface area contributed by atoms with Gasteiger partial charge in [-0.1, -0.05) is 0 Å². The highest BCUT2D eigenvalue weighted by molar-refractivity contribution is 7.85. The molecule has 0 saturated heterocycles. The predicted octanol–water partition coefficient (Wildman–Crippen LogP) is 0.0217. The van der Waals surface area contributed by atoms with Gasteiger partial charge in [-0.15, -0.1) is 0 Å². The Kier molecular flexibility index (Phi) is 5.37. The smallest absolute Gasteiger partial charge is 0.323 e. The van der Waals surface area contributed by atoms with Gasteiger partial charge in [0.15, 0.2) is 0 Å². The summed E-state index contributed by atoms with van der Waals surface area (Å²) in [5.41, 5.74) is 4.90. The van der Waals surface area contributed by atoms with E-state index in [4.69, 9.17) is 10.5 Å². The van der Waals surface area contributed by atoms with Gasteiger partial charge in [-0.2, -0.15) is 8.42 Å². The van der Waals surface area contributed by atoms with Crippen LogP contribution in [0.1, 0.15) is 27.2 Å². The van der Waals surface area contributed by atoms with Crippen molar-refractivity contribution in [2.45, 2.75) is 38.8 Å². The lowest BCUT2D eigenvalue weighted by Gasteiger charge is -2.21. The topological polar surface area (TPSA) is 95.7 Å². The summed E-state index contributed by atoms with van der Waals surface area (Å²) in [7, 11) is -3.49. The van der Waals surface area contributed by atoms with Gasteiger partial charge in [-0.3, -0.25) is 8.98 Å². The van der Waals surface area contributed by atoms with Crippen LogP contribution < -0.4 is 5.73 Å². The molecule has 0 rings (SSSR count). The standard InChI is InChI=1S/C9H19NO5S/c1-9(2,3)15-8(11)7(10)5-6-14-16(4,12)13/h7H,5-6,10H2,1-4H3. The number of carbonyl (C=O) groups excluding carboxylic acids is 1. The molecular formula is C9H19NO5S. The summed E-state index contributed by atoms with van der Waals surface area (Å²) in [5, 5.41) is 0. The molecular weight excluding hydrogens is 234 g/mol. The largest absolute Gasteiger partial charge is 0.459 e. The van der Waals surface area contributed by atoms with Crippen molar-refractivity contribution in [1.82, 2.24) is 0 Å². The Labute approximate surface area is 96.2 Å². The predicted molar refractivity (Wildman–Crippen MR) is 59.2 cm³/mol. The van der Waals surface area contributed by atoms with Crippen molar-refractivity contribution < 1.29 is 22.1 Å². The van der Waals surface area contributed by atoms with E-state index >= 15 is 0 Å². The molecule has 6 nitrogen and oxygen atoms in total. The molecule has 0 aliphatic carbocycles. The van der Waals surface area contributed by atoms with Gasteiger partial charge in [0, 0.05) is 0 Å². The molecule has 0 aromatic carbocycles. The van der Waals surface area contributed by atoms with E-state index < -0.39 is 27.7 Å².